The molecule has 7 nitrogen and oxygen atoms in total. The highest BCUT2D eigenvalue weighted by Gasteiger charge is 2.05. The summed E-state index contributed by atoms with van der Waals surface area (Å²) in [6.45, 7) is 1.96. The van der Waals surface area contributed by atoms with E-state index < -0.39 is 10.2 Å². The highest BCUT2D eigenvalue weighted by Crippen LogP contribution is 2.22. The summed E-state index contributed by atoms with van der Waals surface area (Å²) in [5.74, 6) is 1.55. The number of ether oxygens (including phenoxy) is 1. The van der Waals surface area contributed by atoms with Gasteiger partial charge in [-0.3, -0.25) is 0 Å². The Balaban J connectivity index is 0.000000841. The zero-order valence-electron chi connectivity index (χ0n) is 13.6. The van der Waals surface area contributed by atoms with Crippen molar-refractivity contribution < 1.29 is 38.2 Å². The third-order valence-electron chi connectivity index (χ3n) is 2.14. The first kappa shape index (κ1) is 21.6. The van der Waals surface area contributed by atoms with E-state index in [0.717, 1.165) is 22.1 Å². The van der Waals surface area contributed by atoms with Gasteiger partial charge in [-0.25, -0.2) is 23.2 Å². The van der Waals surface area contributed by atoms with E-state index in [9.17, 15) is 0 Å². The van der Waals surface area contributed by atoms with Gasteiger partial charge >= 0.3 is 0 Å². The van der Waals surface area contributed by atoms with Crippen molar-refractivity contribution in [2.24, 2.45) is 0 Å². The van der Waals surface area contributed by atoms with Crippen molar-refractivity contribution in [2.45, 2.75) is 6.92 Å². The van der Waals surface area contributed by atoms with Gasteiger partial charge in [-0.2, -0.15) is 0 Å². The summed E-state index contributed by atoms with van der Waals surface area (Å²) in [6, 6.07) is 5.63. The van der Waals surface area contributed by atoms with Crippen LogP contribution in [0.1, 0.15) is 5.56 Å². The lowest BCUT2D eigenvalue weighted by molar-refractivity contribution is -2.00. The predicted molar refractivity (Wildman–Crippen MR) is 76.8 cm³/mol. The van der Waals surface area contributed by atoms with Gasteiger partial charge in [-0.15, -0.1) is 10.2 Å². The molecule has 0 amide bonds. The van der Waals surface area contributed by atoms with E-state index in [1.807, 2.05) is 75.2 Å². The van der Waals surface area contributed by atoms with Crippen LogP contribution in [0.25, 0.3) is 0 Å². The Bertz CT molecular complexity index is 559. The fourth-order valence-corrected chi connectivity index (χ4v) is 1.53. The van der Waals surface area contributed by atoms with Crippen molar-refractivity contribution in [1.29, 1.82) is 0 Å². The third kappa shape index (κ3) is 12.8. The van der Waals surface area contributed by atoms with Gasteiger partial charge in [0.05, 0.1) is 0 Å². The van der Waals surface area contributed by atoms with Crippen LogP contribution in [0.2, 0.25) is 5.02 Å². The van der Waals surface area contributed by atoms with E-state index >= 15 is 0 Å². The summed E-state index contributed by atoms with van der Waals surface area (Å²) in [5, 5.41) is 0.747. The number of allylic oxidation sites excluding steroid dienone is 1. The lowest BCUT2D eigenvalue weighted by atomic mass is 10.2. The molecule has 0 aromatic heterocycles. The summed E-state index contributed by atoms with van der Waals surface area (Å²) >= 11 is 5.99. The molecule has 23 heavy (non-hydrogen) atoms. The SMILES string of the molecule is Cc1cc(O/C(C=[N+](C)C)=C\N(C)C)ccc1Cl.[O-][Cl+3]([O-])([O-])[O-]. The van der Waals surface area contributed by atoms with E-state index in [-0.39, 0.29) is 0 Å². The molecule has 0 saturated heterocycles. The van der Waals surface area contributed by atoms with Gasteiger partial charge in [0.2, 0.25) is 12.0 Å². The molecule has 0 spiro atoms. The quantitative estimate of drug-likeness (QED) is 0.347. The number of aryl methyl sites for hydroxylation is 1. The predicted octanol–water partition coefficient (Wildman–Crippen LogP) is -1.98. The lowest BCUT2D eigenvalue weighted by Gasteiger charge is -2.17. The molecule has 130 valence electrons. The standard InChI is InChI=1S/C14H20ClN2O.ClHO4/c1-11-8-12(6-7-14(11)15)18-13(9-16(2)3)10-17(4)5;2-1(3,4)5/h6-10H,1-5H3;(H,2,3,4,5)/q+1;/p-1. The first-order valence-corrected chi connectivity index (χ1v) is 7.95. The number of benzene rings is 1. The molecule has 0 heterocycles. The minimum Gasteiger partial charge on any atom is -0.450 e. The lowest BCUT2D eigenvalue weighted by Crippen LogP contribution is -2.68. The summed E-state index contributed by atoms with van der Waals surface area (Å²) in [6.07, 6.45) is 3.84. The van der Waals surface area contributed by atoms with Crippen LogP contribution in [0.5, 0.6) is 5.75 Å². The number of halogens is 2. The second kappa shape index (κ2) is 9.71. The molecule has 0 N–H and O–H groups in total. The number of rotatable bonds is 4. The van der Waals surface area contributed by atoms with Crippen LogP contribution in [0.4, 0.5) is 0 Å². The summed E-state index contributed by atoms with van der Waals surface area (Å²) < 4.78 is 41.8. The Morgan fingerprint density at radius 3 is 2.13 bits per heavy atom. The summed E-state index contributed by atoms with van der Waals surface area (Å²) in [5.41, 5.74) is 1.00. The molecule has 0 aliphatic heterocycles. The molecule has 0 atom stereocenters. The smallest absolute Gasteiger partial charge is 0.207 e. The molecule has 1 rings (SSSR count). The van der Waals surface area contributed by atoms with Crippen LogP contribution < -0.4 is 23.4 Å². The van der Waals surface area contributed by atoms with Crippen LogP contribution in [0.3, 0.4) is 0 Å². The molecule has 1 aromatic rings. The van der Waals surface area contributed by atoms with Gasteiger partial charge in [-0.05, 0) is 30.7 Å². The first-order valence-electron chi connectivity index (χ1n) is 6.34. The maximum Gasteiger partial charge on any atom is 0.207 e. The van der Waals surface area contributed by atoms with Crippen LogP contribution >= 0.6 is 11.6 Å². The molecule has 0 fully saturated rings. The summed E-state index contributed by atoms with van der Waals surface area (Å²) in [4.78, 5) is 1.94. The van der Waals surface area contributed by atoms with Crippen molar-refractivity contribution in [3.8, 4) is 5.75 Å². The fraction of sp³-hybridized carbons (Fsp3) is 0.357. The van der Waals surface area contributed by atoms with E-state index in [2.05, 4.69) is 0 Å². The number of hydrogen-bond acceptors (Lipinski definition) is 6. The normalized spacial score (nSPS) is 11.3. The second-order valence-corrected chi connectivity index (χ2v) is 6.14. The van der Waals surface area contributed by atoms with Gasteiger partial charge in [0.25, 0.3) is 0 Å². The van der Waals surface area contributed by atoms with Gasteiger partial charge in [0.15, 0.2) is 0 Å². The zero-order chi connectivity index (χ0) is 18.2. The van der Waals surface area contributed by atoms with Crippen molar-refractivity contribution >= 4 is 17.8 Å². The maximum absolute atomic E-state index is 8.49. The van der Waals surface area contributed by atoms with Crippen LogP contribution in [0, 0.1) is 17.2 Å². The molecule has 0 aliphatic carbocycles. The van der Waals surface area contributed by atoms with Gasteiger partial charge in [0, 0.05) is 25.3 Å². The molecule has 1 aromatic carbocycles. The van der Waals surface area contributed by atoms with Gasteiger partial charge in [-0.1, -0.05) is 11.6 Å². The fourth-order valence-electron chi connectivity index (χ4n) is 1.41. The highest BCUT2D eigenvalue weighted by molar-refractivity contribution is 6.31. The van der Waals surface area contributed by atoms with Crippen molar-refractivity contribution in [3.05, 3.63) is 40.7 Å². The molecule has 0 unspecified atom stereocenters. The largest absolute Gasteiger partial charge is 0.450 e. The molecular weight excluding hydrogens is 347 g/mol. The summed E-state index contributed by atoms with van der Waals surface area (Å²) in [7, 11) is 2.89. The Labute approximate surface area is 143 Å². The minimum atomic E-state index is -4.94. The Morgan fingerprint density at radius 1 is 1.22 bits per heavy atom. The molecule has 0 saturated carbocycles. The van der Waals surface area contributed by atoms with Crippen molar-refractivity contribution in [1.82, 2.24) is 4.90 Å². The Kier molecular flexibility index (Phi) is 9.14. The van der Waals surface area contributed by atoms with E-state index in [0.29, 0.717) is 0 Å². The van der Waals surface area contributed by atoms with Gasteiger partial charge in [0.1, 0.15) is 19.8 Å². The van der Waals surface area contributed by atoms with Gasteiger partial charge < -0.3 is 9.64 Å². The molecule has 0 aliphatic rings. The van der Waals surface area contributed by atoms with Crippen molar-refractivity contribution in [3.63, 3.8) is 0 Å². The van der Waals surface area contributed by atoms with E-state index in [1.54, 1.807) is 0 Å². The number of hydrogen-bond donors (Lipinski definition) is 0. The first-order chi connectivity index (χ1) is 10.4. The minimum absolute atomic E-state index is 0.747. The number of nitrogens with zero attached hydrogens (tertiary/aromatic N) is 2. The molecule has 0 bridgehead atoms. The average molecular weight is 367 g/mol. The zero-order valence-corrected chi connectivity index (χ0v) is 15.1. The topological polar surface area (TPSA) is 108 Å². The Hall–Kier alpha value is -1.35. The average Bonchev–Trinajstić information content (AvgIpc) is 2.30. The second-order valence-electron chi connectivity index (χ2n) is 4.98. The highest BCUT2D eigenvalue weighted by atomic mass is 35.7. The maximum atomic E-state index is 8.49. The molecular formula is C14H20Cl2N2O5. The third-order valence-corrected chi connectivity index (χ3v) is 2.56. The van der Waals surface area contributed by atoms with Crippen molar-refractivity contribution in [2.75, 3.05) is 28.2 Å². The van der Waals surface area contributed by atoms with Crippen LogP contribution in [-0.4, -0.2) is 43.9 Å². The van der Waals surface area contributed by atoms with E-state index in [4.69, 9.17) is 35.0 Å². The van der Waals surface area contributed by atoms with Crippen LogP contribution in [-0.2, 0) is 0 Å². The van der Waals surface area contributed by atoms with Crippen LogP contribution in [0.15, 0.2) is 30.2 Å². The Morgan fingerprint density at radius 2 is 1.74 bits per heavy atom. The monoisotopic (exact) mass is 366 g/mol. The molecule has 9 heteroatoms. The molecule has 0 radical (unpaired) electrons. The van der Waals surface area contributed by atoms with E-state index in [1.165, 1.54) is 0 Å².